The fourth-order valence-electron chi connectivity index (χ4n) is 5.49. The van der Waals surface area contributed by atoms with Crippen LogP contribution in [-0.2, 0) is 23.7 Å². The Bertz CT molecular complexity index is 540. The van der Waals surface area contributed by atoms with Crippen LogP contribution < -0.4 is 0 Å². The molecule has 4 aliphatic rings. The standard InChI is InChI=1S/C24H40O6/c1-2-3-4-5-7-11-24(27-14-15-28-24)12-10-18-19-16-22(25)29-21(19)17-20(18)30-23-9-6-8-13-26-23/h10,12,18-23,25H,2-9,11,13-17H2,1H3/t18-,19-,20-,21+,22?,23?/m1/s1. The molecule has 1 saturated carbocycles. The van der Waals surface area contributed by atoms with Gasteiger partial charge in [-0.1, -0.05) is 38.7 Å². The van der Waals surface area contributed by atoms with Crippen molar-refractivity contribution in [2.45, 2.75) is 108 Å². The van der Waals surface area contributed by atoms with Gasteiger partial charge in [-0.05, 0) is 37.7 Å². The molecular formula is C24H40O6. The maximum Gasteiger partial charge on any atom is 0.187 e. The Hall–Kier alpha value is -0.500. The molecule has 1 aliphatic carbocycles. The highest BCUT2D eigenvalue weighted by Crippen LogP contribution is 2.46. The van der Waals surface area contributed by atoms with Crippen molar-refractivity contribution in [3.63, 3.8) is 0 Å². The summed E-state index contributed by atoms with van der Waals surface area (Å²) < 4.78 is 30.1. The van der Waals surface area contributed by atoms with Crippen LogP contribution in [-0.4, -0.2) is 55.5 Å². The summed E-state index contributed by atoms with van der Waals surface area (Å²) in [5.74, 6) is -0.149. The van der Waals surface area contributed by atoms with Crippen molar-refractivity contribution >= 4 is 0 Å². The third-order valence-electron chi connectivity index (χ3n) is 7.11. The molecule has 6 atom stereocenters. The lowest BCUT2D eigenvalue weighted by Gasteiger charge is -2.30. The van der Waals surface area contributed by atoms with E-state index >= 15 is 0 Å². The zero-order valence-corrected chi connectivity index (χ0v) is 18.5. The Morgan fingerprint density at radius 1 is 1.03 bits per heavy atom. The van der Waals surface area contributed by atoms with Crippen molar-refractivity contribution in [2.24, 2.45) is 11.8 Å². The van der Waals surface area contributed by atoms with Gasteiger partial charge >= 0.3 is 0 Å². The first-order valence-corrected chi connectivity index (χ1v) is 12.3. The topological polar surface area (TPSA) is 66.4 Å². The first-order valence-electron chi connectivity index (χ1n) is 12.3. The number of hydrogen-bond donors (Lipinski definition) is 1. The lowest BCUT2D eigenvalue weighted by molar-refractivity contribution is -0.196. The molecule has 2 unspecified atom stereocenters. The summed E-state index contributed by atoms with van der Waals surface area (Å²) in [7, 11) is 0. The van der Waals surface area contributed by atoms with Gasteiger partial charge in [0.25, 0.3) is 0 Å². The molecule has 0 aromatic carbocycles. The molecule has 3 saturated heterocycles. The van der Waals surface area contributed by atoms with E-state index in [4.69, 9.17) is 23.7 Å². The Kier molecular flexibility index (Phi) is 8.23. The Balaban J connectivity index is 1.40. The quantitative estimate of drug-likeness (QED) is 0.417. The van der Waals surface area contributed by atoms with Gasteiger partial charge in [-0.15, -0.1) is 0 Å². The molecule has 3 heterocycles. The maximum absolute atomic E-state index is 10.0. The van der Waals surface area contributed by atoms with Crippen LogP contribution in [0, 0.1) is 11.8 Å². The predicted octanol–water partition coefficient (Wildman–Crippen LogP) is 4.30. The largest absolute Gasteiger partial charge is 0.368 e. The predicted molar refractivity (Wildman–Crippen MR) is 113 cm³/mol. The molecule has 0 aromatic rings. The van der Waals surface area contributed by atoms with Gasteiger partial charge in [0.2, 0.25) is 0 Å². The summed E-state index contributed by atoms with van der Waals surface area (Å²) >= 11 is 0. The normalized spacial score (nSPS) is 38.5. The molecule has 6 heteroatoms. The number of aliphatic hydroxyl groups is 1. The van der Waals surface area contributed by atoms with Gasteiger partial charge < -0.3 is 28.8 Å². The highest BCUT2D eigenvalue weighted by atomic mass is 16.7. The fraction of sp³-hybridized carbons (Fsp3) is 0.917. The van der Waals surface area contributed by atoms with E-state index in [0.29, 0.717) is 19.6 Å². The van der Waals surface area contributed by atoms with Gasteiger partial charge in [0.05, 0.1) is 25.4 Å². The Morgan fingerprint density at radius 2 is 1.87 bits per heavy atom. The molecule has 0 aromatic heterocycles. The van der Waals surface area contributed by atoms with Crippen molar-refractivity contribution in [2.75, 3.05) is 19.8 Å². The summed E-state index contributed by atoms with van der Waals surface area (Å²) in [5.41, 5.74) is 0. The zero-order chi connectivity index (χ0) is 20.8. The zero-order valence-electron chi connectivity index (χ0n) is 18.5. The van der Waals surface area contributed by atoms with Crippen LogP contribution in [0.25, 0.3) is 0 Å². The van der Waals surface area contributed by atoms with Crippen LogP contribution in [0.1, 0.15) is 77.6 Å². The summed E-state index contributed by atoms with van der Waals surface area (Å²) in [6, 6.07) is 0. The molecule has 3 aliphatic heterocycles. The molecule has 1 N–H and O–H groups in total. The Morgan fingerprint density at radius 3 is 2.63 bits per heavy atom. The van der Waals surface area contributed by atoms with Gasteiger partial charge in [-0.2, -0.15) is 0 Å². The van der Waals surface area contributed by atoms with Crippen LogP contribution in [0.5, 0.6) is 0 Å². The van der Waals surface area contributed by atoms with Gasteiger partial charge in [0.15, 0.2) is 18.4 Å². The average molecular weight is 425 g/mol. The molecule has 0 amide bonds. The monoisotopic (exact) mass is 424 g/mol. The average Bonchev–Trinajstić information content (AvgIpc) is 3.43. The van der Waals surface area contributed by atoms with E-state index < -0.39 is 12.1 Å². The van der Waals surface area contributed by atoms with Gasteiger partial charge in [-0.25, -0.2) is 0 Å². The fourth-order valence-corrected chi connectivity index (χ4v) is 5.49. The number of hydrogen-bond acceptors (Lipinski definition) is 6. The number of ether oxygens (including phenoxy) is 5. The second-order valence-corrected chi connectivity index (χ2v) is 9.34. The summed E-state index contributed by atoms with van der Waals surface area (Å²) in [5, 5.41) is 10.0. The molecule has 4 fully saturated rings. The van der Waals surface area contributed by atoms with E-state index in [1.807, 2.05) is 0 Å². The molecule has 0 bridgehead atoms. The van der Waals surface area contributed by atoms with E-state index in [-0.39, 0.29) is 30.3 Å². The third kappa shape index (κ3) is 5.64. The van der Waals surface area contributed by atoms with Gasteiger partial charge in [-0.3, -0.25) is 0 Å². The molecular weight excluding hydrogens is 384 g/mol. The van der Waals surface area contributed by atoms with E-state index in [2.05, 4.69) is 19.1 Å². The van der Waals surface area contributed by atoms with Crippen LogP contribution in [0.3, 0.4) is 0 Å². The highest BCUT2D eigenvalue weighted by Gasteiger charge is 2.50. The van der Waals surface area contributed by atoms with Crippen LogP contribution in [0.2, 0.25) is 0 Å². The summed E-state index contributed by atoms with van der Waals surface area (Å²) in [4.78, 5) is 0. The Labute approximate surface area is 181 Å². The maximum atomic E-state index is 10.0. The third-order valence-corrected chi connectivity index (χ3v) is 7.11. The molecule has 4 rings (SSSR count). The summed E-state index contributed by atoms with van der Waals surface area (Å²) in [6.07, 6.45) is 15.4. The molecule has 30 heavy (non-hydrogen) atoms. The first kappa shape index (κ1) is 22.7. The van der Waals surface area contributed by atoms with E-state index in [1.54, 1.807) is 0 Å². The lowest BCUT2D eigenvalue weighted by atomic mass is 9.90. The minimum atomic E-state index is -0.658. The molecule has 0 radical (unpaired) electrons. The second kappa shape index (κ2) is 10.9. The number of aliphatic hydroxyl groups excluding tert-OH is 1. The molecule has 6 nitrogen and oxygen atoms in total. The van der Waals surface area contributed by atoms with Crippen molar-refractivity contribution in [3.8, 4) is 0 Å². The van der Waals surface area contributed by atoms with Crippen molar-refractivity contribution in [1.29, 1.82) is 0 Å². The second-order valence-electron chi connectivity index (χ2n) is 9.34. The summed E-state index contributed by atoms with van der Waals surface area (Å²) in [6.45, 7) is 4.31. The number of rotatable bonds is 10. The van der Waals surface area contributed by atoms with E-state index in [1.165, 1.54) is 25.7 Å². The van der Waals surface area contributed by atoms with Crippen molar-refractivity contribution < 1.29 is 28.8 Å². The van der Waals surface area contributed by atoms with Crippen molar-refractivity contribution in [1.82, 2.24) is 0 Å². The van der Waals surface area contributed by atoms with E-state index in [0.717, 1.165) is 45.1 Å². The van der Waals surface area contributed by atoms with Gasteiger partial charge in [0, 0.05) is 31.8 Å². The number of unbranched alkanes of at least 4 members (excludes halogenated alkanes) is 4. The smallest absolute Gasteiger partial charge is 0.187 e. The molecule has 172 valence electrons. The SMILES string of the molecule is CCCCCCCC1(C=C[C@@H]2[C@H]3CC(O)O[C@H]3C[C@H]2OC2CCCCO2)OCCO1. The molecule has 0 spiro atoms. The minimum Gasteiger partial charge on any atom is -0.368 e. The van der Waals surface area contributed by atoms with Crippen molar-refractivity contribution in [3.05, 3.63) is 12.2 Å². The van der Waals surface area contributed by atoms with E-state index in [9.17, 15) is 5.11 Å². The lowest BCUT2D eigenvalue weighted by Crippen LogP contribution is -2.32. The number of fused-ring (bicyclic) bond motifs is 1. The minimum absolute atomic E-state index is 0.0508. The van der Waals surface area contributed by atoms with Crippen LogP contribution in [0.15, 0.2) is 12.2 Å². The first-order chi connectivity index (χ1) is 14.7. The highest BCUT2D eigenvalue weighted by molar-refractivity contribution is 5.09. The van der Waals surface area contributed by atoms with Crippen LogP contribution in [0.4, 0.5) is 0 Å². The van der Waals surface area contributed by atoms with Crippen LogP contribution >= 0.6 is 0 Å². The van der Waals surface area contributed by atoms with Gasteiger partial charge in [0.1, 0.15) is 0 Å².